The van der Waals surface area contributed by atoms with E-state index in [9.17, 15) is 18.8 Å². The summed E-state index contributed by atoms with van der Waals surface area (Å²) in [6.45, 7) is 2.02. The van der Waals surface area contributed by atoms with Crippen molar-refractivity contribution < 1.29 is 18.8 Å². The van der Waals surface area contributed by atoms with Crippen molar-refractivity contribution in [2.24, 2.45) is 0 Å². The third-order valence-corrected chi connectivity index (χ3v) is 3.95. The zero-order valence-corrected chi connectivity index (χ0v) is 12.8. The quantitative estimate of drug-likeness (QED) is 0.845. The number of rotatable bonds is 5. The summed E-state index contributed by atoms with van der Waals surface area (Å²) in [4.78, 5) is 36.4. The topological polar surface area (TPSA) is 66.5 Å². The van der Waals surface area contributed by atoms with Crippen molar-refractivity contribution in [1.29, 1.82) is 0 Å². The first kappa shape index (κ1) is 16.2. The minimum absolute atomic E-state index is 0.102. The number of nitrogens with one attached hydrogen (secondary N) is 1. The lowest BCUT2D eigenvalue weighted by Gasteiger charge is -2.12. The minimum atomic E-state index is -0.469. The smallest absolute Gasteiger partial charge is 0.293 e. The molecule has 0 unspecified atom stereocenters. The third-order valence-electron chi connectivity index (χ3n) is 3.04. The van der Waals surface area contributed by atoms with Crippen molar-refractivity contribution in [3.63, 3.8) is 0 Å². The number of carbonyl (C=O) groups is 3. The van der Waals surface area contributed by atoms with Crippen LogP contribution in [0, 0.1) is 5.82 Å². The number of hydrogen-bond acceptors (Lipinski definition) is 4. The third kappa shape index (κ3) is 3.73. The molecule has 1 aliphatic rings. The summed E-state index contributed by atoms with van der Waals surface area (Å²) in [5.74, 6) is -1.07. The Balaban J connectivity index is 2.05. The molecule has 0 aromatic heterocycles. The van der Waals surface area contributed by atoms with Crippen molar-refractivity contribution in [2.75, 3.05) is 13.1 Å². The second kappa shape index (κ2) is 7.22. The van der Waals surface area contributed by atoms with Gasteiger partial charge in [-0.3, -0.25) is 19.3 Å². The van der Waals surface area contributed by atoms with E-state index in [1.54, 1.807) is 19.1 Å². The van der Waals surface area contributed by atoms with Crippen molar-refractivity contribution >= 4 is 34.9 Å². The first-order chi connectivity index (χ1) is 10.5. The summed E-state index contributed by atoms with van der Waals surface area (Å²) >= 11 is 0.769. The maximum atomic E-state index is 13.6. The van der Waals surface area contributed by atoms with Crippen molar-refractivity contribution in [3.05, 3.63) is 40.6 Å². The van der Waals surface area contributed by atoms with Crippen LogP contribution in [-0.4, -0.2) is 35.0 Å². The second-order valence-electron chi connectivity index (χ2n) is 4.56. The maximum absolute atomic E-state index is 13.6. The van der Waals surface area contributed by atoms with Crippen molar-refractivity contribution in [2.45, 2.75) is 13.3 Å². The van der Waals surface area contributed by atoms with Gasteiger partial charge in [-0.05, 0) is 23.9 Å². The molecule has 116 valence electrons. The fraction of sp³-hybridized carbons (Fsp3) is 0.267. The monoisotopic (exact) mass is 322 g/mol. The molecule has 1 aromatic carbocycles. The number of benzene rings is 1. The van der Waals surface area contributed by atoms with E-state index in [0.29, 0.717) is 6.42 Å². The van der Waals surface area contributed by atoms with Gasteiger partial charge in [0.05, 0.1) is 4.91 Å². The number of thioether (sulfide) groups is 1. The van der Waals surface area contributed by atoms with Gasteiger partial charge in [-0.1, -0.05) is 25.1 Å². The average Bonchev–Trinajstić information content (AvgIpc) is 2.76. The summed E-state index contributed by atoms with van der Waals surface area (Å²) in [6.07, 6.45) is 1.71. The molecule has 1 aromatic rings. The van der Waals surface area contributed by atoms with Gasteiger partial charge in [0.2, 0.25) is 5.91 Å². The normalized spacial score (nSPS) is 16.5. The van der Waals surface area contributed by atoms with E-state index >= 15 is 0 Å². The summed E-state index contributed by atoms with van der Waals surface area (Å²) < 4.78 is 13.6. The molecule has 3 amide bonds. The summed E-state index contributed by atoms with van der Waals surface area (Å²) in [6, 6.07) is 6.02. The van der Waals surface area contributed by atoms with Crippen LogP contribution < -0.4 is 5.32 Å². The fourth-order valence-corrected chi connectivity index (χ4v) is 2.71. The van der Waals surface area contributed by atoms with Gasteiger partial charge in [0.1, 0.15) is 5.82 Å². The van der Waals surface area contributed by atoms with Crippen LogP contribution in [0.1, 0.15) is 18.9 Å². The largest absolute Gasteiger partial charge is 0.354 e. The van der Waals surface area contributed by atoms with Crippen molar-refractivity contribution in [1.82, 2.24) is 10.2 Å². The number of hydrogen-bond donors (Lipinski definition) is 1. The van der Waals surface area contributed by atoms with Gasteiger partial charge in [-0.2, -0.15) is 0 Å². The van der Waals surface area contributed by atoms with Gasteiger partial charge >= 0.3 is 0 Å². The molecular formula is C15H15FN2O3S. The molecule has 0 spiro atoms. The Hall–Kier alpha value is -2.15. The number of halogens is 1. The Labute approximate surface area is 131 Å². The van der Waals surface area contributed by atoms with Crippen LogP contribution in [0.15, 0.2) is 29.2 Å². The van der Waals surface area contributed by atoms with Crippen LogP contribution in [0.25, 0.3) is 6.08 Å². The molecule has 0 aliphatic carbocycles. The molecular weight excluding hydrogens is 307 g/mol. The molecule has 1 fully saturated rings. The highest BCUT2D eigenvalue weighted by molar-refractivity contribution is 8.18. The highest BCUT2D eigenvalue weighted by atomic mass is 32.2. The minimum Gasteiger partial charge on any atom is -0.354 e. The Morgan fingerprint density at radius 2 is 2.09 bits per heavy atom. The molecule has 1 N–H and O–H groups in total. The van der Waals surface area contributed by atoms with E-state index < -0.39 is 17.0 Å². The zero-order valence-electron chi connectivity index (χ0n) is 12.0. The lowest BCUT2D eigenvalue weighted by atomic mass is 10.2. The molecule has 0 atom stereocenters. The summed E-state index contributed by atoms with van der Waals surface area (Å²) in [7, 11) is 0. The lowest BCUT2D eigenvalue weighted by Crippen LogP contribution is -2.37. The molecule has 7 heteroatoms. The highest BCUT2D eigenvalue weighted by Gasteiger charge is 2.34. The van der Waals surface area contributed by atoms with Crippen LogP contribution >= 0.6 is 11.8 Å². The standard InChI is InChI=1S/C15H15FN2O3S/c1-2-13(19)17-7-8-18-14(20)12(22-15(18)21)9-10-5-3-4-6-11(10)16/h3-6,9H,2,7-8H2,1H3,(H,17,19). The van der Waals surface area contributed by atoms with Gasteiger partial charge in [0, 0.05) is 25.1 Å². The fourth-order valence-electron chi connectivity index (χ4n) is 1.86. The average molecular weight is 322 g/mol. The van der Waals surface area contributed by atoms with Gasteiger partial charge in [0.15, 0.2) is 0 Å². The number of nitrogens with zero attached hydrogens (tertiary/aromatic N) is 1. The van der Waals surface area contributed by atoms with Gasteiger partial charge in [0.25, 0.3) is 11.1 Å². The van der Waals surface area contributed by atoms with E-state index in [-0.39, 0.29) is 29.5 Å². The van der Waals surface area contributed by atoms with E-state index in [1.165, 1.54) is 18.2 Å². The van der Waals surface area contributed by atoms with Crippen LogP contribution in [0.4, 0.5) is 9.18 Å². The van der Waals surface area contributed by atoms with Gasteiger partial charge in [-0.15, -0.1) is 0 Å². The molecule has 1 aliphatic heterocycles. The lowest BCUT2D eigenvalue weighted by molar-refractivity contribution is -0.124. The molecule has 22 heavy (non-hydrogen) atoms. The molecule has 0 bridgehead atoms. The molecule has 5 nitrogen and oxygen atoms in total. The molecule has 0 saturated carbocycles. The highest BCUT2D eigenvalue weighted by Crippen LogP contribution is 2.32. The van der Waals surface area contributed by atoms with Crippen LogP contribution in [0.5, 0.6) is 0 Å². The van der Waals surface area contributed by atoms with E-state index in [4.69, 9.17) is 0 Å². The van der Waals surface area contributed by atoms with E-state index in [0.717, 1.165) is 16.7 Å². The summed E-state index contributed by atoms with van der Waals surface area (Å²) in [5, 5.41) is 2.18. The Morgan fingerprint density at radius 1 is 1.36 bits per heavy atom. The first-order valence-electron chi connectivity index (χ1n) is 6.79. The van der Waals surface area contributed by atoms with Crippen LogP contribution in [0.2, 0.25) is 0 Å². The van der Waals surface area contributed by atoms with Crippen LogP contribution in [0.3, 0.4) is 0 Å². The maximum Gasteiger partial charge on any atom is 0.293 e. The van der Waals surface area contributed by atoms with Gasteiger partial charge < -0.3 is 5.32 Å². The van der Waals surface area contributed by atoms with Crippen LogP contribution in [-0.2, 0) is 9.59 Å². The van der Waals surface area contributed by atoms with E-state index in [2.05, 4.69) is 5.32 Å². The first-order valence-corrected chi connectivity index (χ1v) is 7.61. The molecule has 1 saturated heterocycles. The molecule has 0 radical (unpaired) electrons. The summed E-state index contributed by atoms with van der Waals surface area (Å²) in [5.41, 5.74) is 0.257. The number of imide groups is 1. The SMILES string of the molecule is CCC(=O)NCCN1C(=O)SC(=Cc2ccccc2F)C1=O. The molecule has 2 rings (SSSR count). The van der Waals surface area contributed by atoms with Crippen molar-refractivity contribution in [3.8, 4) is 0 Å². The molecule has 1 heterocycles. The van der Waals surface area contributed by atoms with Gasteiger partial charge in [-0.25, -0.2) is 4.39 Å². The predicted octanol–water partition coefficient (Wildman–Crippen LogP) is 2.39. The van der Waals surface area contributed by atoms with E-state index in [1.807, 2.05) is 0 Å². The second-order valence-corrected chi connectivity index (χ2v) is 5.55. The Morgan fingerprint density at radius 3 is 2.77 bits per heavy atom. The number of carbonyl (C=O) groups excluding carboxylic acids is 3. The number of amides is 3. The Kier molecular flexibility index (Phi) is 5.32. The predicted molar refractivity (Wildman–Crippen MR) is 82.4 cm³/mol. The zero-order chi connectivity index (χ0) is 16.1. The Bertz CT molecular complexity index is 645.